The zero-order valence-electron chi connectivity index (χ0n) is 12.0. The quantitative estimate of drug-likeness (QED) is 0.505. The lowest BCUT2D eigenvalue weighted by Crippen LogP contribution is -2.34. The van der Waals surface area contributed by atoms with Crippen LogP contribution < -0.4 is 0 Å². The largest absolute Gasteiger partial charge is 0.375 e. The van der Waals surface area contributed by atoms with Gasteiger partial charge in [0, 0.05) is 6.42 Å². The molecule has 0 aromatic carbocycles. The average molecular weight is 252 g/mol. The summed E-state index contributed by atoms with van der Waals surface area (Å²) in [5, 5.41) is 0. The summed E-state index contributed by atoms with van der Waals surface area (Å²) < 4.78 is 11.3. The maximum absolute atomic E-state index is 5.80. The van der Waals surface area contributed by atoms with Crippen LogP contribution in [0.25, 0.3) is 0 Å². The molecule has 0 aliphatic carbocycles. The van der Waals surface area contributed by atoms with Crippen LogP contribution in [0, 0.1) is 11.8 Å². The van der Waals surface area contributed by atoms with E-state index in [1.54, 1.807) is 0 Å². The zero-order chi connectivity index (χ0) is 13.1. The molecule has 1 fully saturated rings. The van der Waals surface area contributed by atoms with Crippen molar-refractivity contribution in [1.29, 1.82) is 0 Å². The predicted octanol–water partition coefficient (Wildman–Crippen LogP) is 3.93. The smallest absolute Gasteiger partial charge is 0.141 e. The summed E-state index contributed by atoms with van der Waals surface area (Å²) >= 11 is 0. The van der Waals surface area contributed by atoms with Gasteiger partial charge >= 0.3 is 0 Å². The summed E-state index contributed by atoms with van der Waals surface area (Å²) in [6, 6.07) is 0. The molecule has 18 heavy (non-hydrogen) atoms. The minimum absolute atomic E-state index is 0.00351. The van der Waals surface area contributed by atoms with Gasteiger partial charge in [-0.15, -0.1) is 5.92 Å². The maximum atomic E-state index is 5.80. The molecule has 0 bridgehead atoms. The molecule has 0 radical (unpaired) electrons. The molecule has 1 rings (SSSR count). The molecule has 0 N–H and O–H groups in total. The Hall–Kier alpha value is -0.520. The highest BCUT2D eigenvalue weighted by Crippen LogP contribution is 2.10. The minimum atomic E-state index is 0.00351. The van der Waals surface area contributed by atoms with Crippen LogP contribution in [0.2, 0.25) is 0 Å². The predicted molar refractivity (Wildman–Crippen MR) is 75.5 cm³/mol. The van der Waals surface area contributed by atoms with E-state index >= 15 is 0 Å². The Morgan fingerprint density at radius 2 is 1.78 bits per heavy atom. The SMILES string of the molecule is CCCCCCCCC#C[C@H]1COC[C@@H](CC)O1. The topological polar surface area (TPSA) is 18.5 Å². The number of hydrogen-bond acceptors (Lipinski definition) is 2. The highest BCUT2D eigenvalue weighted by molar-refractivity contribution is 5.06. The second-order valence-electron chi connectivity index (χ2n) is 5.03. The van der Waals surface area contributed by atoms with Gasteiger partial charge in [0.15, 0.2) is 0 Å². The average Bonchev–Trinajstić information content (AvgIpc) is 2.42. The lowest BCUT2D eigenvalue weighted by Gasteiger charge is -2.26. The molecule has 0 unspecified atom stereocenters. The van der Waals surface area contributed by atoms with Crippen molar-refractivity contribution in [1.82, 2.24) is 0 Å². The van der Waals surface area contributed by atoms with E-state index in [-0.39, 0.29) is 12.2 Å². The molecule has 0 saturated carbocycles. The molecule has 0 aromatic rings. The summed E-state index contributed by atoms with van der Waals surface area (Å²) in [7, 11) is 0. The molecule has 0 spiro atoms. The van der Waals surface area contributed by atoms with E-state index in [0.717, 1.165) is 19.4 Å². The second-order valence-corrected chi connectivity index (χ2v) is 5.03. The van der Waals surface area contributed by atoms with Gasteiger partial charge in [-0.25, -0.2) is 0 Å². The van der Waals surface area contributed by atoms with Crippen molar-refractivity contribution >= 4 is 0 Å². The molecule has 2 atom stereocenters. The van der Waals surface area contributed by atoms with Gasteiger partial charge in [-0.2, -0.15) is 0 Å². The Morgan fingerprint density at radius 1 is 1.00 bits per heavy atom. The Labute approximate surface area is 112 Å². The van der Waals surface area contributed by atoms with Crippen LogP contribution in [0.4, 0.5) is 0 Å². The first kappa shape index (κ1) is 15.5. The van der Waals surface area contributed by atoms with E-state index in [2.05, 4.69) is 25.7 Å². The fourth-order valence-electron chi connectivity index (χ4n) is 2.09. The van der Waals surface area contributed by atoms with Crippen LogP contribution in [0.3, 0.4) is 0 Å². The molecular weight excluding hydrogens is 224 g/mol. The van der Waals surface area contributed by atoms with Crippen LogP contribution in [0.5, 0.6) is 0 Å². The molecule has 1 aliphatic rings. The van der Waals surface area contributed by atoms with Gasteiger partial charge in [-0.1, -0.05) is 51.9 Å². The third kappa shape index (κ3) is 7.03. The van der Waals surface area contributed by atoms with Crippen molar-refractivity contribution in [2.45, 2.75) is 77.4 Å². The molecule has 0 amide bonds. The standard InChI is InChI=1S/C16H28O2/c1-3-5-6-7-8-9-10-11-12-16-14-17-13-15(4-2)18-16/h15-16H,3-10,13-14H2,1-2H3/t15-,16+/m1/s1. The van der Waals surface area contributed by atoms with Crippen LogP contribution in [0.1, 0.15) is 65.2 Å². The molecule has 1 aliphatic heterocycles. The van der Waals surface area contributed by atoms with Gasteiger partial charge in [0.05, 0.1) is 19.3 Å². The Kier molecular flexibility index (Phi) is 8.98. The first-order valence-electron chi connectivity index (χ1n) is 7.58. The van der Waals surface area contributed by atoms with Crippen molar-refractivity contribution < 1.29 is 9.47 Å². The summed E-state index contributed by atoms with van der Waals surface area (Å²) in [6.45, 7) is 5.74. The molecule has 1 saturated heterocycles. The Bertz CT molecular complexity index is 252. The van der Waals surface area contributed by atoms with Crippen LogP contribution in [-0.2, 0) is 9.47 Å². The van der Waals surface area contributed by atoms with E-state index in [9.17, 15) is 0 Å². The summed E-state index contributed by atoms with van der Waals surface area (Å²) in [6.07, 6.45) is 10.2. The van der Waals surface area contributed by atoms with Gasteiger partial charge in [-0.05, 0) is 12.8 Å². The van der Waals surface area contributed by atoms with Crippen LogP contribution in [0.15, 0.2) is 0 Å². The number of rotatable bonds is 7. The highest BCUT2D eigenvalue weighted by Gasteiger charge is 2.19. The van der Waals surface area contributed by atoms with E-state index < -0.39 is 0 Å². The van der Waals surface area contributed by atoms with Crippen molar-refractivity contribution in [3.8, 4) is 11.8 Å². The van der Waals surface area contributed by atoms with E-state index in [1.807, 2.05) is 0 Å². The lowest BCUT2D eigenvalue weighted by molar-refractivity contribution is -0.116. The number of hydrogen-bond donors (Lipinski definition) is 0. The van der Waals surface area contributed by atoms with E-state index in [4.69, 9.17) is 9.47 Å². The first-order chi connectivity index (χ1) is 8.86. The van der Waals surface area contributed by atoms with Gasteiger partial charge in [0.1, 0.15) is 6.10 Å². The van der Waals surface area contributed by atoms with Crippen molar-refractivity contribution in [2.24, 2.45) is 0 Å². The Balaban J connectivity index is 2.02. The van der Waals surface area contributed by atoms with Gasteiger partial charge in [0.2, 0.25) is 0 Å². The van der Waals surface area contributed by atoms with Crippen LogP contribution in [-0.4, -0.2) is 25.4 Å². The van der Waals surface area contributed by atoms with Crippen LogP contribution >= 0.6 is 0 Å². The fourth-order valence-corrected chi connectivity index (χ4v) is 2.09. The summed E-state index contributed by atoms with van der Waals surface area (Å²) in [5.74, 6) is 6.43. The Morgan fingerprint density at radius 3 is 2.56 bits per heavy atom. The zero-order valence-corrected chi connectivity index (χ0v) is 12.0. The van der Waals surface area contributed by atoms with Crippen molar-refractivity contribution in [2.75, 3.05) is 13.2 Å². The fraction of sp³-hybridized carbons (Fsp3) is 0.875. The first-order valence-corrected chi connectivity index (χ1v) is 7.58. The van der Waals surface area contributed by atoms with Gasteiger partial charge < -0.3 is 9.47 Å². The number of ether oxygens (including phenoxy) is 2. The van der Waals surface area contributed by atoms with E-state index in [0.29, 0.717) is 6.61 Å². The second kappa shape index (κ2) is 10.4. The highest BCUT2D eigenvalue weighted by atomic mass is 16.6. The minimum Gasteiger partial charge on any atom is -0.375 e. The summed E-state index contributed by atoms with van der Waals surface area (Å²) in [4.78, 5) is 0. The van der Waals surface area contributed by atoms with Crippen molar-refractivity contribution in [3.63, 3.8) is 0 Å². The van der Waals surface area contributed by atoms with Crippen molar-refractivity contribution in [3.05, 3.63) is 0 Å². The molecule has 0 aromatic heterocycles. The molecule has 2 heteroatoms. The summed E-state index contributed by atoms with van der Waals surface area (Å²) in [5.41, 5.74) is 0. The van der Waals surface area contributed by atoms with E-state index in [1.165, 1.54) is 38.5 Å². The van der Waals surface area contributed by atoms with Gasteiger partial charge in [0.25, 0.3) is 0 Å². The van der Waals surface area contributed by atoms with Gasteiger partial charge in [-0.3, -0.25) is 0 Å². The molecule has 2 nitrogen and oxygen atoms in total. The third-order valence-corrected chi connectivity index (χ3v) is 3.30. The number of unbranched alkanes of at least 4 members (excludes halogenated alkanes) is 6. The monoisotopic (exact) mass is 252 g/mol. The molecular formula is C16H28O2. The normalized spacial score (nSPS) is 23.4. The third-order valence-electron chi connectivity index (χ3n) is 3.30. The lowest BCUT2D eigenvalue weighted by atomic mass is 10.1. The maximum Gasteiger partial charge on any atom is 0.141 e. The molecule has 1 heterocycles. The molecule has 104 valence electrons.